The Balaban J connectivity index is 2.76. The van der Waals surface area contributed by atoms with E-state index in [1.165, 1.54) is 6.21 Å². The maximum absolute atomic E-state index is 11.1. The van der Waals surface area contributed by atoms with Gasteiger partial charge in [0.15, 0.2) is 0 Å². The largest absolute Gasteiger partial charge is 0.478 e. The first-order valence-electron chi connectivity index (χ1n) is 5.66. The summed E-state index contributed by atoms with van der Waals surface area (Å²) in [6, 6.07) is 7.02. The third kappa shape index (κ3) is 4.64. The lowest BCUT2D eigenvalue weighted by molar-refractivity contribution is -0.132. The molecule has 0 saturated heterocycles. The van der Waals surface area contributed by atoms with Gasteiger partial charge in [0.2, 0.25) is 0 Å². The summed E-state index contributed by atoms with van der Waals surface area (Å²) >= 11 is 10.8. The fourth-order valence-corrected chi connectivity index (χ4v) is 1.74. The zero-order valence-electron chi connectivity index (χ0n) is 11.0. The number of nitrogens with zero attached hydrogens (tertiary/aromatic N) is 1. The predicted octanol–water partition coefficient (Wildman–Crippen LogP) is 2.17. The lowest BCUT2D eigenvalue weighted by Gasteiger charge is -2.08. The monoisotopic (exact) mass is 311 g/mol. The van der Waals surface area contributed by atoms with E-state index in [-0.39, 0.29) is 10.6 Å². The highest BCUT2D eigenvalue weighted by atomic mass is 35.5. The van der Waals surface area contributed by atoms with E-state index in [4.69, 9.17) is 28.9 Å². The number of hydrogen-bond donors (Lipinski definition) is 3. The first kappa shape index (κ1) is 16.1. The number of carboxylic acid groups (broad SMARTS) is 1. The van der Waals surface area contributed by atoms with Gasteiger partial charge < -0.3 is 10.4 Å². The minimum atomic E-state index is -1.11. The average molecular weight is 312 g/mol. The summed E-state index contributed by atoms with van der Waals surface area (Å²) in [6.07, 6.45) is 1.52. The van der Waals surface area contributed by atoms with Crippen molar-refractivity contribution in [3.8, 4) is 0 Å². The Labute approximate surface area is 127 Å². The maximum Gasteiger partial charge on any atom is 0.340 e. The van der Waals surface area contributed by atoms with Crippen molar-refractivity contribution in [2.75, 3.05) is 7.05 Å². The molecule has 7 heteroatoms. The maximum atomic E-state index is 11.1. The Morgan fingerprint density at radius 2 is 2.00 bits per heavy atom. The topological polar surface area (TPSA) is 73.7 Å². The predicted molar refractivity (Wildman–Crippen MR) is 84.2 cm³/mol. The van der Waals surface area contributed by atoms with Crippen molar-refractivity contribution in [1.29, 1.82) is 0 Å². The number of allylic oxidation sites excluding steroid dienone is 1. The first-order valence-corrected chi connectivity index (χ1v) is 6.45. The summed E-state index contributed by atoms with van der Waals surface area (Å²) in [5, 5.41) is 16.4. The molecule has 1 aromatic rings. The highest BCUT2D eigenvalue weighted by molar-refractivity contribution is 7.80. The van der Waals surface area contributed by atoms with Crippen LogP contribution in [0.5, 0.6) is 0 Å². The van der Waals surface area contributed by atoms with Crippen LogP contribution < -0.4 is 10.7 Å². The molecule has 0 unspecified atom stereocenters. The molecule has 1 rings (SSSR count). The van der Waals surface area contributed by atoms with Gasteiger partial charge in [-0.15, -0.1) is 0 Å². The fourth-order valence-electron chi connectivity index (χ4n) is 1.32. The van der Waals surface area contributed by atoms with Gasteiger partial charge in [-0.1, -0.05) is 36.0 Å². The van der Waals surface area contributed by atoms with Crippen molar-refractivity contribution < 1.29 is 9.90 Å². The van der Waals surface area contributed by atoms with Crippen LogP contribution in [-0.2, 0) is 4.79 Å². The van der Waals surface area contributed by atoms with Gasteiger partial charge in [0, 0.05) is 17.8 Å². The van der Waals surface area contributed by atoms with Crippen molar-refractivity contribution in [3.05, 3.63) is 46.1 Å². The lowest BCUT2D eigenvalue weighted by atomic mass is 10.2. The molecule has 0 aromatic heterocycles. The molecule has 0 bridgehead atoms. The van der Waals surface area contributed by atoms with Gasteiger partial charge in [0.25, 0.3) is 0 Å². The molecule has 5 nitrogen and oxygen atoms in total. The van der Waals surface area contributed by atoms with Gasteiger partial charge in [-0.05, 0) is 24.6 Å². The van der Waals surface area contributed by atoms with Gasteiger partial charge in [0.05, 0.1) is 6.21 Å². The number of hydrogen-bond acceptors (Lipinski definition) is 4. The van der Waals surface area contributed by atoms with E-state index in [1.807, 2.05) is 0 Å². The Kier molecular flexibility index (Phi) is 6.14. The van der Waals surface area contributed by atoms with Crippen LogP contribution in [0.1, 0.15) is 12.5 Å². The smallest absolute Gasteiger partial charge is 0.340 e. The molecule has 0 aliphatic carbocycles. The molecule has 0 heterocycles. The Morgan fingerprint density at radius 1 is 1.40 bits per heavy atom. The highest BCUT2D eigenvalue weighted by Gasteiger charge is 2.16. The van der Waals surface area contributed by atoms with Gasteiger partial charge in [0.1, 0.15) is 10.6 Å². The second-order valence-electron chi connectivity index (χ2n) is 3.81. The van der Waals surface area contributed by atoms with Crippen molar-refractivity contribution >= 4 is 41.0 Å². The summed E-state index contributed by atoms with van der Waals surface area (Å²) < 4.78 is 0. The number of halogens is 1. The standard InChI is InChI=1S/C13H14ClN3O2S/c1-8(15-2)11(13(18)19)12(20)17-16-7-9-3-5-10(14)6-4-9/h3-7,15H,1-2H3,(H,17,20)(H,18,19)/b11-8?,16-7+. The molecule has 0 radical (unpaired) electrons. The van der Waals surface area contributed by atoms with Crippen LogP contribution in [0, 0.1) is 0 Å². The molecule has 0 saturated carbocycles. The molecule has 0 atom stereocenters. The number of rotatable bonds is 5. The quantitative estimate of drug-likeness (QED) is 0.336. The van der Waals surface area contributed by atoms with Crippen LogP contribution in [-0.4, -0.2) is 29.3 Å². The zero-order chi connectivity index (χ0) is 15.1. The highest BCUT2D eigenvalue weighted by Crippen LogP contribution is 2.08. The molecule has 0 amide bonds. The van der Waals surface area contributed by atoms with Gasteiger partial charge in [-0.2, -0.15) is 5.10 Å². The van der Waals surface area contributed by atoms with E-state index >= 15 is 0 Å². The number of nitrogens with one attached hydrogen (secondary N) is 2. The van der Waals surface area contributed by atoms with E-state index in [1.54, 1.807) is 38.2 Å². The Morgan fingerprint density at radius 3 is 2.50 bits per heavy atom. The van der Waals surface area contributed by atoms with Crippen LogP contribution in [0.2, 0.25) is 5.02 Å². The minimum absolute atomic E-state index is 0.0178. The normalized spacial score (nSPS) is 11.9. The first-order chi connectivity index (χ1) is 9.45. The SMILES string of the molecule is CNC(C)=C(C(=O)O)C(=S)N/N=C/c1ccc(Cl)cc1. The van der Waals surface area contributed by atoms with Gasteiger partial charge in [-0.3, -0.25) is 5.43 Å². The second-order valence-corrected chi connectivity index (χ2v) is 4.65. The van der Waals surface area contributed by atoms with Crippen molar-refractivity contribution in [2.45, 2.75) is 6.92 Å². The number of hydrazone groups is 1. The summed E-state index contributed by atoms with van der Waals surface area (Å²) in [5.74, 6) is -1.11. The molecule has 20 heavy (non-hydrogen) atoms. The summed E-state index contributed by atoms with van der Waals surface area (Å²) in [4.78, 5) is 11.2. The molecule has 0 spiro atoms. The molecule has 1 aromatic carbocycles. The van der Waals surface area contributed by atoms with E-state index < -0.39 is 5.97 Å². The number of benzene rings is 1. The minimum Gasteiger partial charge on any atom is -0.478 e. The van der Waals surface area contributed by atoms with Crippen LogP contribution in [0.25, 0.3) is 0 Å². The van der Waals surface area contributed by atoms with Gasteiger partial charge in [-0.25, -0.2) is 4.79 Å². The molecule has 0 fully saturated rings. The van der Waals surface area contributed by atoms with Crippen LogP contribution in [0.4, 0.5) is 0 Å². The molecule has 3 N–H and O–H groups in total. The molecule has 0 aliphatic heterocycles. The molecule has 106 valence electrons. The second kappa shape index (κ2) is 7.62. The number of carbonyl (C=O) groups is 1. The lowest BCUT2D eigenvalue weighted by Crippen LogP contribution is -2.26. The van der Waals surface area contributed by atoms with E-state index in [9.17, 15) is 4.79 Å². The molecular formula is C13H14ClN3O2S. The molecule has 0 aliphatic rings. The fraction of sp³-hybridized carbons (Fsp3) is 0.154. The Hall–Kier alpha value is -1.92. The number of aliphatic carboxylic acids is 1. The number of thiocarbonyl (C=S) groups is 1. The Bertz CT molecular complexity index is 567. The van der Waals surface area contributed by atoms with Crippen LogP contribution >= 0.6 is 23.8 Å². The third-order valence-corrected chi connectivity index (χ3v) is 2.99. The van der Waals surface area contributed by atoms with E-state index in [0.717, 1.165) is 5.56 Å². The summed E-state index contributed by atoms with van der Waals surface area (Å²) in [7, 11) is 1.62. The van der Waals surface area contributed by atoms with Crippen molar-refractivity contribution in [3.63, 3.8) is 0 Å². The van der Waals surface area contributed by atoms with Crippen molar-refractivity contribution in [2.24, 2.45) is 5.10 Å². The van der Waals surface area contributed by atoms with Gasteiger partial charge >= 0.3 is 5.97 Å². The zero-order valence-corrected chi connectivity index (χ0v) is 12.5. The van der Waals surface area contributed by atoms with Crippen molar-refractivity contribution in [1.82, 2.24) is 10.7 Å². The summed E-state index contributed by atoms with van der Waals surface area (Å²) in [6.45, 7) is 1.63. The van der Waals surface area contributed by atoms with E-state index in [2.05, 4.69) is 15.8 Å². The summed E-state index contributed by atoms with van der Waals surface area (Å²) in [5.41, 5.74) is 3.78. The third-order valence-electron chi connectivity index (χ3n) is 2.44. The van der Waals surface area contributed by atoms with Crippen LogP contribution in [0.3, 0.4) is 0 Å². The molecular weight excluding hydrogens is 298 g/mol. The number of carboxylic acids is 1. The van der Waals surface area contributed by atoms with E-state index in [0.29, 0.717) is 10.7 Å². The average Bonchev–Trinajstić information content (AvgIpc) is 2.40. The van der Waals surface area contributed by atoms with Crippen LogP contribution in [0.15, 0.2) is 40.6 Å².